The van der Waals surface area contributed by atoms with Crippen molar-refractivity contribution in [3.8, 4) is 5.75 Å². The molecule has 0 aliphatic heterocycles. The molecular formula is C31H48Cl3N9O4. The maximum Gasteiger partial charge on any atom is 0.249 e. The molecule has 1 aromatic heterocycles. The van der Waals surface area contributed by atoms with E-state index in [9.17, 15) is 14.7 Å². The highest BCUT2D eigenvalue weighted by atomic mass is 35.5. The first kappa shape index (κ1) is 43.4. The van der Waals surface area contributed by atoms with E-state index in [-0.39, 0.29) is 61.2 Å². The summed E-state index contributed by atoms with van der Waals surface area (Å²) < 4.78 is 5.60. The number of carbonyl (C=O) groups excluding carboxylic acids is 2. The quantitative estimate of drug-likeness (QED) is 0.0613. The van der Waals surface area contributed by atoms with Crippen molar-refractivity contribution >= 4 is 55.0 Å². The molecule has 0 aliphatic carbocycles. The zero-order valence-electron chi connectivity index (χ0n) is 26.7. The van der Waals surface area contributed by atoms with Crippen LogP contribution in [0.2, 0.25) is 0 Å². The van der Waals surface area contributed by atoms with Crippen LogP contribution < -0.4 is 33.6 Å². The summed E-state index contributed by atoms with van der Waals surface area (Å²) in [4.78, 5) is 35.5. The van der Waals surface area contributed by atoms with Gasteiger partial charge in [0.15, 0.2) is 11.8 Å². The first-order valence-corrected chi connectivity index (χ1v) is 14.8. The van der Waals surface area contributed by atoms with E-state index in [2.05, 4.69) is 25.8 Å². The molecule has 2 aromatic carbocycles. The van der Waals surface area contributed by atoms with Crippen molar-refractivity contribution in [3.05, 3.63) is 76.4 Å². The maximum atomic E-state index is 13.9. The first-order valence-electron chi connectivity index (χ1n) is 14.8. The van der Waals surface area contributed by atoms with Gasteiger partial charge in [-0.15, -0.1) is 37.2 Å². The van der Waals surface area contributed by atoms with Gasteiger partial charge in [0.2, 0.25) is 17.7 Å². The Morgan fingerprint density at radius 1 is 0.957 bits per heavy atom. The number of halogens is 3. The minimum absolute atomic E-state index is 0. The van der Waals surface area contributed by atoms with Crippen LogP contribution >= 0.6 is 37.2 Å². The Bertz CT molecular complexity index is 1380. The Morgan fingerprint density at radius 3 is 2.23 bits per heavy atom. The van der Waals surface area contributed by atoms with Crippen LogP contribution in [0, 0.1) is 13.8 Å². The second-order valence-electron chi connectivity index (χ2n) is 10.9. The van der Waals surface area contributed by atoms with E-state index in [1.165, 1.54) is 0 Å². The minimum Gasteiger partial charge on any atom is -0.508 e. The van der Waals surface area contributed by atoms with Crippen LogP contribution in [0.25, 0.3) is 0 Å². The van der Waals surface area contributed by atoms with Crippen LogP contribution in [-0.2, 0) is 22.4 Å². The van der Waals surface area contributed by atoms with Crippen molar-refractivity contribution < 1.29 is 19.2 Å². The van der Waals surface area contributed by atoms with Crippen molar-refractivity contribution in [2.75, 3.05) is 13.1 Å². The van der Waals surface area contributed by atoms with Gasteiger partial charge in [-0.25, -0.2) is 0 Å². The lowest BCUT2D eigenvalue weighted by Crippen LogP contribution is -2.53. The first-order chi connectivity index (χ1) is 21.1. The van der Waals surface area contributed by atoms with E-state index < -0.39 is 29.9 Å². The number of nitrogens with zero attached hydrogens (tertiary/aromatic N) is 3. The predicted octanol–water partition coefficient (Wildman–Crippen LogP) is 2.64. The average Bonchev–Trinajstić information content (AvgIpc) is 3.44. The molecule has 2 amide bonds. The van der Waals surface area contributed by atoms with Crippen LogP contribution in [0.4, 0.5) is 0 Å². The van der Waals surface area contributed by atoms with Gasteiger partial charge in [0, 0.05) is 19.4 Å². The third-order valence-corrected chi connectivity index (χ3v) is 7.28. The van der Waals surface area contributed by atoms with Crippen LogP contribution in [-0.4, -0.2) is 58.2 Å². The molecule has 3 atom stereocenters. The van der Waals surface area contributed by atoms with Gasteiger partial charge >= 0.3 is 0 Å². The van der Waals surface area contributed by atoms with Crippen molar-refractivity contribution in [2.45, 2.75) is 76.9 Å². The number of aromatic hydroxyl groups is 1. The van der Waals surface area contributed by atoms with Crippen LogP contribution in [0.15, 0.2) is 52.0 Å². The van der Waals surface area contributed by atoms with E-state index in [0.29, 0.717) is 51.0 Å². The average molecular weight is 717 g/mol. The molecule has 262 valence electrons. The van der Waals surface area contributed by atoms with E-state index in [4.69, 9.17) is 27.5 Å². The number of amides is 2. The molecule has 47 heavy (non-hydrogen) atoms. The minimum atomic E-state index is -0.975. The van der Waals surface area contributed by atoms with Gasteiger partial charge in [0.05, 0.1) is 6.04 Å². The summed E-state index contributed by atoms with van der Waals surface area (Å²) in [5.41, 5.74) is 26.1. The molecular weight excluding hydrogens is 669 g/mol. The van der Waals surface area contributed by atoms with Crippen molar-refractivity contribution in [1.29, 1.82) is 0 Å². The summed E-state index contributed by atoms with van der Waals surface area (Å²) in [6.45, 7) is 4.52. The highest BCUT2D eigenvalue weighted by Gasteiger charge is 2.29. The molecule has 0 spiro atoms. The molecule has 0 saturated heterocycles. The molecule has 0 aliphatic rings. The van der Waals surface area contributed by atoms with Gasteiger partial charge in [-0.05, 0) is 86.9 Å². The molecule has 0 fully saturated rings. The fourth-order valence-electron chi connectivity index (χ4n) is 4.92. The number of unbranched alkanes of at least 4 members (excludes halogenated alkanes) is 1. The normalized spacial score (nSPS) is 12.3. The number of carbonyl (C=O) groups is 2. The zero-order valence-corrected chi connectivity index (χ0v) is 29.1. The molecule has 11 N–H and O–H groups in total. The zero-order chi connectivity index (χ0) is 32.1. The molecule has 3 unspecified atom stereocenters. The SMILES string of the molecule is Cc1cc(O)cc(C)c1CC(NC(=O)C(N)CCCN=C(N)N)C(=O)NC(CCCCN)c1nc(Cc2ccccc2)no1.Cl.Cl.Cl. The van der Waals surface area contributed by atoms with Crippen LogP contribution in [0.1, 0.15) is 72.1 Å². The number of aromatic nitrogens is 2. The molecule has 0 saturated carbocycles. The van der Waals surface area contributed by atoms with Gasteiger partial charge in [-0.2, -0.15) is 4.98 Å². The van der Waals surface area contributed by atoms with Gasteiger partial charge in [-0.3, -0.25) is 14.6 Å². The topological polar surface area (TPSA) is 234 Å². The Labute approximate surface area is 294 Å². The number of aliphatic imine (C=N–C) groups is 1. The molecule has 1 heterocycles. The van der Waals surface area contributed by atoms with E-state index in [0.717, 1.165) is 28.7 Å². The van der Waals surface area contributed by atoms with Crippen molar-refractivity contribution in [3.63, 3.8) is 0 Å². The Morgan fingerprint density at radius 2 is 1.62 bits per heavy atom. The predicted molar refractivity (Wildman–Crippen MR) is 190 cm³/mol. The number of nitrogens with two attached hydrogens (primary N) is 4. The number of benzene rings is 2. The summed E-state index contributed by atoms with van der Waals surface area (Å²) in [7, 11) is 0. The van der Waals surface area contributed by atoms with E-state index in [1.54, 1.807) is 12.1 Å². The van der Waals surface area contributed by atoms with Crippen LogP contribution in [0.3, 0.4) is 0 Å². The number of phenols is 1. The lowest BCUT2D eigenvalue weighted by molar-refractivity contribution is -0.130. The Kier molecular flexibility index (Phi) is 20.3. The third-order valence-electron chi connectivity index (χ3n) is 7.28. The monoisotopic (exact) mass is 715 g/mol. The fourth-order valence-corrected chi connectivity index (χ4v) is 4.92. The number of rotatable bonds is 17. The van der Waals surface area contributed by atoms with Crippen LogP contribution in [0.5, 0.6) is 5.75 Å². The molecule has 13 nitrogen and oxygen atoms in total. The number of hydrogen-bond acceptors (Lipinski definition) is 9. The Balaban J connectivity index is 0.00000705. The smallest absolute Gasteiger partial charge is 0.249 e. The number of aryl methyl sites for hydroxylation is 2. The number of hydrogen-bond donors (Lipinski definition) is 7. The maximum absolute atomic E-state index is 13.9. The molecule has 3 rings (SSSR count). The summed E-state index contributed by atoms with van der Waals surface area (Å²) >= 11 is 0. The lowest BCUT2D eigenvalue weighted by Gasteiger charge is -2.24. The van der Waals surface area contributed by atoms with E-state index in [1.807, 2.05) is 44.2 Å². The summed E-state index contributed by atoms with van der Waals surface area (Å²) in [5.74, 6) is -0.0471. The van der Waals surface area contributed by atoms with Gasteiger partial charge in [-0.1, -0.05) is 35.5 Å². The number of phenolic OH excluding ortho intramolecular Hbond substituents is 1. The highest BCUT2D eigenvalue weighted by Crippen LogP contribution is 2.23. The standard InChI is InChI=1S/C31H45N9O4.3ClH/c1-19-15-22(41)16-20(2)23(19)18-26(38-28(42)24(33)11-8-14-36-31(34)35)29(43)37-25(12-6-7-13-32)30-39-27(40-44-30)17-21-9-4-3-5-10-21;;;/h3-5,9-10,15-16,24-26,41H,6-8,11-14,17-18,32-33H2,1-2H3,(H,37,43)(H,38,42)(H4,34,35,36);3*1H. The largest absolute Gasteiger partial charge is 0.508 e. The molecule has 0 radical (unpaired) electrons. The highest BCUT2D eigenvalue weighted by molar-refractivity contribution is 5.90. The Hall–Kier alpha value is -3.62. The van der Waals surface area contributed by atoms with Gasteiger partial charge in [0.1, 0.15) is 17.8 Å². The summed E-state index contributed by atoms with van der Waals surface area (Å²) in [6, 6.07) is 10.6. The second kappa shape index (κ2) is 22.0. The van der Waals surface area contributed by atoms with Gasteiger partial charge < -0.3 is 43.2 Å². The summed E-state index contributed by atoms with van der Waals surface area (Å²) in [6.07, 6.45) is 3.44. The number of guanidine groups is 1. The van der Waals surface area contributed by atoms with E-state index >= 15 is 0 Å². The van der Waals surface area contributed by atoms with Crippen molar-refractivity contribution in [1.82, 2.24) is 20.8 Å². The molecule has 3 aromatic rings. The number of nitrogens with one attached hydrogen (secondary N) is 2. The van der Waals surface area contributed by atoms with Crippen molar-refractivity contribution in [2.24, 2.45) is 27.9 Å². The molecule has 0 bridgehead atoms. The molecule has 16 heteroatoms. The summed E-state index contributed by atoms with van der Waals surface area (Å²) in [5, 5.41) is 20.0. The third kappa shape index (κ3) is 14.4. The lowest BCUT2D eigenvalue weighted by atomic mass is 9.95. The second-order valence-corrected chi connectivity index (χ2v) is 10.9. The fraction of sp³-hybridized carbons (Fsp3) is 0.452. The van der Waals surface area contributed by atoms with Gasteiger partial charge in [0.25, 0.3) is 0 Å².